The molecule has 0 aliphatic carbocycles. The molecule has 1 aromatic heterocycles. The number of quaternary nitrogens is 1. The maximum absolute atomic E-state index is 12.5. The van der Waals surface area contributed by atoms with Gasteiger partial charge < -0.3 is 10.2 Å². The molecule has 140 valence electrons. The number of fused-ring (bicyclic) bond motifs is 1. The number of aromatic nitrogens is 2. The summed E-state index contributed by atoms with van der Waals surface area (Å²) in [6, 6.07) is 15.4. The maximum Gasteiger partial charge on any atom is 0.274 e. The molecule has 0 atom stereocenters. The number of rotatable bonds is 6. The Morgan fingerprint density at radius 1 is 1.04 bits per heavy atom. The molecule has 6 nitrogen and oxygen atoms in total. The monoisotopic (exact) mass is 365 g/mol. The lowest BCUT2D eigenvalue weighted by Gasteiger charge is -2.13. The van der Waals surface area contributed by atoms with Gasteiger partial charge in [-0.05, 0) is 11.6 Å². The first-order valence-corrected chi connectivity index (χ1v) is 9.03. The average molecular weight is 365 g/mol. The molecule has 0 aliphatic heterocycles. The van der Waals surface area contributed by atoms with Crippen LogP contribution >= 0.6 is 0 Å². The van der Waals surface area contributed by atoms with Crippen LogP contribution in [0.15, 0.2) is 53.3 Å². The molecule has 3 aromatic rings. The lowest BCUT2D eigenvalue weighted by atomic mass is 10.1. The predicted octanol–water partition coefficient (Wildman–Crippen LogP) is 0.437. The van der Waals surface area contributed by atoms with E-state index >= 15 is 0 Å². The topological polar surface area (TPSA) is 68.4 Å². The Balaban J connectivity index is 1.75. The number of hydrogen-bond acceptors (Lipinski definition) is 3. The second-order valence-corrected chi connectivity index (χ2v) is 7.03. The highest BCUT2D eigenvalue weighted by molar-refractivity contribution is 5.88. The van der Waals surface area contributed by atoms with Crippen molar-refractivity contribution < 1.29 is 9.69 Å². The smallest absolute Gasteiger partial charge is 0.274 e. The molecule has 0 spiro atoms. The van der Waals surface area contributed by atoms with Gasteiger partial charge in [-0.2, -0.15) is 5.10 Å². The summed E-state index contributed by atoms with van der Waals surface area (Å²) >= 11 is 0. The first-order chi connectivity index (χ1) is 13.0. The standard InChI is InChI=1S/C21H24N4O2/c1-24(2)14-16-9-5-4-8-15(16)13-22-20(26)12-19-17-10-6-7-11-18(17)21(27)25(3)23-19/h4-11H,12-14H2,1-3H3,(H,22,26)/p+1. The minimum absolute atomic E-state index is 0.113. The second kappa shape index (κ2) is 8.14. The summed E-state index contributed by atoms with van der Waals surface area (Å²) < 4.78 is 1.29. The third-order valence-electron chi connectivity index (χ3n) is 4.50. The Morgan fingerprint density at radius 2 is 1.67 bits per heavy atom. The van der Waals surface area contributed by atoms with Gasteiger partial charge in [0.1, 0.15) is 6.54 Å². The molecule has 27 heavy (non-hydrogen) atoms. The van der Waals surface area contributed by atoms with Crippen molar-refractivity contribution in [2.45, 2.75) is 19.5 Å². The Labute approximate surface area is 158 Å². The average Bonchev–Trinajstić information content (AvgIpc) is 2.65. The molecule has 1 heterocycles. The van der Waals surface area contributed by atoms with Crippen molar-refractivity contribution >= 4 is 16.7 Å². The molecule has 0 radical (unpaired) electrons. The van der Waals surface area contributed by atoms with Gasteiger partial charge in [0.25, 0.3) is 5.56 Å². The highest BCUT2D eigenvalue weighted by atomic mass is 16.1. The van der Waals surface area contributed by atoms with Gasteiger partial charge in [0.2, 0.25) is 5.91 Å². The van der Waals surface area contributed by atoms with Gasteiger partial charge in [-0.3, -0.25) is 9.59 Å². The Morgan fingerprint density at radius 3 is 2.37 bits per heavy atom. The van der Waals surface area contributed by atoms with E-state index in [2.05, 4.69) is 30.6 Å². The van der Waals surface area contributed by atoms with Gasteiger partial charge in [-0.15, -0.1) is 0 Å². The molecule has 2 N–H and O–H groups in total. The highest BCUT2D eigenvalue weighted by Gasteiger charge is 2.13. The van der Waals surface area contributed by atoms with E-state index < -0.39 is 0 Å². The van der Waals surface area contributed by atoms with E-state index in [1.54, 1.807) is 13.1 Å². The van der Waals surface area contributed by atoms with E-state index in [4.69, 9.17) is 0 Å². The molecule has 3 rings (SSSR count). The van der Waals surface area contributed by atoms with E-state index in [1.807, 2.05) is 36.4 Å². The minimum Gasteiger partial charge on any atom is -0.352 e. The quantitative estimate of drug-likeness (QED) is 0.666. The fourth-order valence-corrected chi connectivity index (χ4v) is 3.20. The Hall–Kier alpha value is -2.99. The van der Waals surface area contributed by atoms with E-state index in [0.717, 1.165) is 17.5 Å². The molecule has 0 fully saturated rings. The molecule has 0 saturated carbocycles. The first kappa shape index (κ1) is 18.8. The molecule has 6 heteroatoms. The van der Waals surface area contributed by atoms with Crippen molar-refractivity contribution in [3.8, 4) is 0 Å². The van der Waals surface area contributed by atoms with Crippen LogP contribution in [0.25, 0.3) is 10.8 Å². The lowest BCUT2D eigenvalue weighted by Crippen LogP contribution is -3.04. The van der Waals surface area contributed by atoms with Crippen LogP contribution in [0, 0.1) is 0 Å². The summed E-state index contributed by atoms with van der Waals surface area (Å²) in [5.74, 6) is -0.113. The van der Waals surface area contributed by atoms with E-state index in [1.165, 1.54) is 15.1 Å². The fraction of sp³-hybridized carbons (Fsp3) is 0.286. The predicted molar refractivity (Wildman–Crippen MR) is 105 cm³/mol. The molecule has 0 unspecified atom stereocenters. The van der Waals surface area contributed by atoms with Crippen LogP contribution in [0.1, 0.15) is 16.8 Å². The number of carbonyl (C=O) groups excluding carboxylic acids is 1. The normalized spacial score (nSPS) is 11.1. The van der Waals surface area contributed by atoms with Crippen molar-refractivity contribution in [2.24, 2.45) is 7.05 Å². The lowest BCUT2D eigenvalue weighted by molar-refractivity contribution is -0.872. The number of benzene rings is 2. The number of nitrogens with one attached hydrogen (secondary N) is 2. The Kier molecular flexibility index (Phi) is 5.66. The molecular formula is C21H25N4O2+. The summed E-state index contributed by atoms with van der Waals surface area (Å²) in [5, 5.41) is 8.59. The molecule has 0 bridgehead atoms. The van der Waals surface area contributed by atoms with Crippen LogP contribution < -0.4 is 15.8 Å². The van der Waals surface area contributed by atoms with Crippen molar-refractivity contribution in [1.29, 1.82) is 0 Å². The van der Waals surface area contributed by atoms with Crippen LogP contribution in [0.4, 0.5) is 0 Å². The zero-order valence-corrected chi connectivity index (χ0v) is 16.0. The van der Waals surface area contributed by atoms with Crippen LogP contribution in [0.3, 0.4) is 0 Å². The van der Waals surface area contributed by atoms with E-state index in [9.17, 15) is 9.59 Å². The number of carbonyl (C=O) groups is 1. The van der Waals surface area contributed by atoms with Crippen LogP contribution in [-0.2, 0) is 31.4 Å². The SMILES string of the molecule is Cn1nc(CC(=O)NCc2ccccc2C[NH+](C)C)c2ccccc2c1=O. The van der Waals surface area contributed by atoms with Crippen molar-refractivity contribution in [2.75, 3.05) is 14.1 Å². The highest BCUT2D eigenvalue weighted by Crippen LogP contribution is 2.14. The van der Waals surface area contributed by atoms with Crippen LogP contribution in [0.5, 0.6) is 0 Å². The molecule has 0 saturated heterocycles. The van der Waals surface area contributed by atoms with Crippen molar-refractivity contribution in [3.05, 3.63) is 75.7 Å². The van der Waals surface area contributed by atoms with Gasteiger partial charge in [-0.1, -0.05) is 42.5 Å². The second-order valence-electron chi connectivity index (χ2n) is 7.03. The van der Waals surface area contributed by atoms with Crippen molar-refractivity contribution in [3.63, 3.8) is 0 Å². The van der Waals surface area contributed by atoms with Gasteiger partial charge in [0, 0.05) is 24.5 Å². The minimum atomic E-state index is -0.158. The van der Waals surface area contributed by atoms with Gasteiger partial charge >= 0.3 is 0 Å². The number of nitrogens with zero attached hydrogens (tertiary/aromatic N) is 2. The summed E-state index contributed by atoms with van der Waals surface area (Å²) in [6.07, 6.45) is 0.135. The summed E-state index contributed by atoms with van der Waals surface area (Å²) in [4.78, 5) is 26.0. The number of amides is 1. The first-order valence-electron chi connectivity index (χ1n) is 9.03. The van der Waals surface area contributed by atoms with Gasteiger partial charge in [-0.25, -0.2) is 4.68 Å². The van der Waals surface area contributed by atoms with Gasteiger partial charge in [0.05, 0.1) is 31.6 Å². The fourth-order valence-electron chi connectivity index (χ4n) is 3.20. The molecule has 1 amide bonds. The summed E-state index contributed by atoms with van der Waals surface area (Å²) in [6.45, 7) is 1.38. The maximum atomic E-state index is 12.5. The van der Waals surface area contributed by atoms with Crippen LogP contribution in [-0.4, -0.2) is 29.8 Å². The largest absolute Gasteiger partial charge is 0.352 e. The van der Waals surface area contributed by atoms with Crippen molar-refractivity contribution in [1.82, 2.24) is 15.1 Å². The number of aryl methyl sites for hydroxylation is 1. The zero-order valence-electron chi connectivity index (χ0n) is 16.0. The third kappa shape index (κ3) is 4.41. The van der Waals surface area contributed by atoms with E-state index in [-0.39, 0.29) is 17.9 Å². The Bertz CT molecular complexity index is 1020. The van der Waals surface area contributed by atoms with E-state index in [0.29, 0.717) is 17.6 Å². The zero-order chi connectivity index (χ0) is 19.4. The molecule has 2 aromatic carbocycles. The molecule has 0 aliphatic rings. The number of hydrogen-bond donors (Lipinski definition) is 2. The molecular weight excluding hydrogens is 340 g/mol. The summed E-state index contributed by atoms with van der Waals surface area (Å²) in [5.41, 5.74) is 2.79. The third-order valence-corrected chi connectivity index (χ3v) is 4.50. The van der Waals surface area contributed by atoms with Crippen LogP contribution in [0.2, 0.25) is 0 Å². The summed E-state index contributed by atoms with van der Waals surface area (Å²) in [7, 11) is 5.81. The van der Waals surface area contributed by atoms with Gasteiger partial charge in [0.15, 0.2) is 0 Å².